The van der Waals surface area contributed by atoms with E-state index in [9.17, 15) is 8.42 Å². The summed E-state index contributed by atoms with van der Waals surface area (Å²) in [5.74, 6) is 0.494. The molecular formula is C10H11ClN4O2S. The highest BCUT2D eigenvalue weighted by molar-refractivity contribution is 7.89. The molecule has 0 aliphatic carbocycles. The predicted octanol–water partition coefficient (Wildman–Crippen LogP) is 0.392. The van der Waals surface area contributed by atoms with Gasteiger partial charge in [-0.3, -0.25) is 0 Å². The average Bonchev–Trinajstić information content (AvgIpc) is 2.18. The van der Waals surface area contributed by atoms with Gasteiger partial charge < -0.3 is 4.90 Å². The Kier molecular flexibility index (Phi) is 3.19. The molecular weight excluding hydrogens is 276 g/mol. The molecule has 18 heavy (non-hydrogen) atoms. The lowest BCUT2D eigenvalue weighted by molar-refractivity contribution is 0.540. The minimum absolute atomic E-state index is 0.275. The first-order valence-corrected chi connectivity index (χ1v) is 7.15. The van der Waals surface area contributed by atoms with Crippen molar-refractivity contribution in [2.75, 3.05) is 18.0 Å². The van der Waals surface area contributed by atoms with E-state index in [1.165, 1.54) is 6.07 Å². The van der Waals surface area contributed by atoms with Gasteiger partial charge in [0.1, 0.15) is 17.1 Å². The standard InChI is InChI=1S/C10H11ClN4O2S/c1-6-7(3-12)2-9(11)10(14-6)15-4-8(5-15)18(13,16)17/h2,8H,4-5H2,1H3,(H2,13,16,17). The topological polar surface area (TPSA) is 100 Å². The first-order chi connectivity index (χ1) is 8.32. The third-order valence-corrected chi connectivity index (χ3v) is 4.39. The lowest BCUT2D eigenvalue weighted by atomic mass is 10.2. The maximum absolute atomic E-state index is 11.1. The zero-order valence-electron chi connectivity index (χ0n) is 9.59. The van der Waals surface area contributed by atoms with Crippen molar-refractivity contribution in [2.45, 2.75) is 12.2 Å². The Morgan fingerprint density at radius 3 is 2.72 bits per heavy atom. The Morgan fingerprint density at radius 2 is 2.22 bits per heavy atom. The molecule has 96 valence electrons. The highest BCUT2D eigenvalue weighted by atomic mass is 35.5. The Labute approximate surface area is 110 Å². The van der Waals surface area contributed by atoms with Gasteiger partial charge in [0.15, 0.2) is 0 Å². The predicted molar refractivity (Wildman–Crippen MR) is 67.8 cm³/mol. The molecule has 1 aromatic heterocycles. The van der Waals surface area contributed by atoms with Crippen LogP contribution >= 0.6 is 11.6 Å². The largest absolute Gasteiger partial charge is 0.353 e. The van der Waals surface area contributed by atoms with Gasteiger partial charge in [0.25, 0.3) is 0 Å². The number of anilines is 1. The fourth-order valence-corrected chi connectivity index (χ4v) is 2.77. The number of nitrogens with zero attached hydrogens (tertiary/aromatic N) is 3. The van der Waals surface area contributed by atoms with Crippen LogP contribution in [0.1, 0.15) is 11.3 Å². The van der Waals surface area contributed by atoms with Crippen LogP contribution in [0, 0.1) is 18.3 Å². The Bertz CT molecular complexity index is 632. The zero-order valence-corrected chi connectivity index (χ0v) is 11.2. The molecule has 2 rings (SSSR count). The molecule has 2 heterocycles. The number of aromatic nitrogens is 1. The summed E-state index contributed by atoms with van der Waals surface area (Å²) in [5.41, 5.74) is 0.975. The van der Waals surface area contributed by atoms with Crippen LogP contribution < -0.4 is 10.0 Å². The molecule has 0 aromatic carbocycles. The van der Waals surface area contributed by atoms with Gasteiger partial charge in [-0.05, 0) is 13.0 Å². The van der Waals surface area contributed by atoms with E-state index in [2.05, 4.69) is 4.98 Å². The van der Waals surface area contributed by atoms with Gasteiger partial charge in [-0.25, -0.2) is 18.5 Å². The van der Waals surface area contributed by atoms with Gasteiger partial charge >= 0.3 is 0 Å². The normalized spacial score (nSPS) is 16.2. The van der Waals surface area contributed by atoms with Crippen molar-refractivity contribution in [3.63, 3.8) is 0 Å². The van der Waals surface area contributed by atoms with E-state index in [4.69, 9.17) is 22.0 Å². The molecule has 1 aliphatic rings. The molecule has 0 radical (unpaired) electrons. The van der Waals surface area contributed by atoms with E-state index < -0.39 is 15.3 Å². The van der Waals surface area contributed by atoms with Gasteiger partial charge in [0, 0.05) is 13.1 Å². The van der Waals surface area contributed by atoms with Crippen molar-refractivity contribution < 1.29 is 8.42 Å². The summed E-state index contributed by atoms with van der Waals surface area (Å²) in [4.78, 5) is 5.95. The molecule has 6 nitrogen and oxygen atoms in total. The van der Waals surface area contributed by atoms with Crippen molar-refractivity contribution in [1.82, 2.24) is 4.98 Å². The summed E-state index contributed by atoms with van der Waals surface area (Å²) < 4.78 is 22.2. The Morgan fingerprint density at radius 1 is 1.61 bits per heavy atom. The first kappa shape index (κ1) is 13.1. The number of halogens is 1. The minimum atomic E-state index is -3.51. The van der Waals surface area contributed by atoms with Crippen LogP contribution in [-0.4, -0.2) is 31.7 Å². The Balaban J connectivity index is 2.23. The highest BCUT2D eigenvalue weighted by Crippen LogP contribution is 2.30. The van der Waals surface area contributed by atoms with E-state index in [-0.39, 0.29) is 13.1 Å². The number of hydrogen-bond acceptors (Lipinski definition) is 5. The van der Waals surface area contributed by atoms with E-state index in [0.29, 0.717) is 22.1 Å². The summed E-state index contributed by atoms with van der Waals surface area (Å²) >= 11 is 6.01. The number of aryl methyl sites for hydroxylation is 1. The molecule has 8 heteroatoms. The number of hydrogen-bond donors (Lipinski definition) is 1. The van der Waals surface area contributed by atoms with Gasteiger partial charge in [0.2, 0.25) is 10.0 Å². The van der Waals surface area contributed by atoms with Crippen LogP contribution in [0.2, 0.25) is 5.02 Å². The minimum Gasteiger partial charge on any atom is -0.353 e. The molecule has 1 fully saturated rings. The molecule has 2 N–H and O–H groups in total. The fourth-order valence-electron chi connectivity index (χ4n) is 1.72. The molecule has 0 bridgehead atoms. The van der Waals surface area contributed by atoms with Gasteiger partial charge in [-0.1, -0.05) is 11.6 Å². The van der Waals surface area contributed by atoms with Crippen molar-refractivity contribution in [3.8, 4) is 6.07 Å². The van der Waals surface area contributed by atoms with Crippen molar-refractivity contribution in [2.24, 2.45) is 5.14 Å². The monoisotopic (exact) mass is 286 g/mol. The van der Waals surface area contributed by atoms with Gasteiger partial charge in [-0.2, -0.15) is 5.26 Å². The van der Waals surface area contributed by atoms with Crippen molar-refractivity contribution in [3.05, 3.63) is 22.3 Å². The van der Waals surface area contributed by atoms with E-state index in [0.717, 1.165) is 0 Å². The smallest absolute Gasteiger partial charge is 0.215 e. The summed E-state index contributed by atoms with van der Waals surface area (Å²) in [6.07, 6.45) is 0. The number of primary sulfonamides is 1. The third kappa shape index (κ3) is 2.27. The molecule has 0 unspecified atom stereocenters. The quantitative estimate of drug-likeness (QED) is 0.848. The lowest BCUT2D eigenvalue weighted by Crippen LogP contribution is -2.57. The van der Waals surface area contributed by atoms with Crippen molar-refractivity contribution >= 4 is 27.4 Å². The average molecular weight is 287 g/mol. The summed E-state index contributed by atoms with van der Waals surface area (Å²) in [7, 11) is -3.51. The number of sulfonamides is 1. The summed E-state index contributed by atoms with van der Waals surface area (Å²) in [6, 6.07) is 3.52. The number of pyridine rings is 1. The lowest BCUT2D eigenvalue weighted by Gasteiger charge is -2.39. The molecule has 1 aromatic rings. The number of rotatable bonds is 2. The van der Waals surface area contributed by atoms with Crippen LogP contribution in [0.3, 0.4) is 0 Å². The second-order valence-electron chi connectivity index (χ2n) is 4.15. The van der Waals surface area contributed by atoms with Gasteiger partial charge in [0.05, 0.1) is 16.3 Å². The summed E-state index contributed by atoms with van der Waals surface area (Å²) in [5, 5.41) is 13.6. The highest BCUT2D eigenvalue weighted by Gasteiger charge is 2.36. The van der Waals surface area contributed by atoms with E-state index in [1.54, 1.807) is 11.8 Å². The maximum atomic E-state index is 11.1. The molecule has 0 spiro atoms. The van der Waals surface area contributed by atoms with E-state index in [1.807, 2.05) is 6.07 Å². The SMILES string of the molecule is Cc1nc(N2CC(S(N)(=O)=O)C2)c(Cl)cc1C#N. The molecule has 1 aliphatic heterocycles. The number of nitriles is 1. The van der Waals surface area contributed by atoms with Crippen LogP contribution in [-0.2, 0) is 10.0 Å². The number of nitrogens with two attached hydrogens (primary N) is 1. The zero-order chi connectivity index (χ0) is 13.5. The summed E-state index contributed by atoms with van der Waals surface area (Å²) in [6.45, 7) is 2.25. The third-order valence-electron chi connectivity index (χ3n) is 2.88. The molecule has 0 atom stereocenters. The van der Waals surface area contributed by atoms with Crippen LogP contribution in [0.5, 0.6) is 0 Å². The second-order valence-corrected chi connectivity index (χ2v) is 6.41. The Hall–Kier alpha value is -1.36. The molecule has 1 saturated heterocycles. The van der Waals surface area contributed by atoms with Crippen LogP contribution in [0.15, 0.2) is 6.07 Å². The fraction of sp³-hybridized carbons (Fsp3) is 0.400. The van der Waals surface area contributed by atoms with Crippen LogP contribution in [0.4, 0.5) is 5.82 Å². The molecule has 0 amide bonds. The van der Waals surface area contributed by atoms with E-state index >= 15 is 0 Å². The molecule has 0 saturated carbocycles. The first-order valence-electron chi connectivity index (χ1n) is 5.16. The second kappa shape index (κ2) is 4.39. The maximum Gasteiger partial charge on any atom is 0.215 e. The van der Waals surface area contributed by atoms with Gasteiger partial charge in [-0.15, -0.1) is 0 Å². The van der Waals surface area contributed by atoms with Crippen LogP contribution in [0.25, 0.3) is 0 Å². The van der Waals surface area contributed by atoms with Crippen molar-refractivity contribution in [1.29, 1.82) is 5.26 Å².